The van der Waals surface area contributed by atoms with E-state index in [9.17, 15) is 9.59 Å². The molecular weight excluding hydrogens is 537 g/mol. The molecular formula is C34H36MgN4O3-2. The molecule has 3 atom stereocenters. The van der Waals surface area contributed by atoms with Crippen molar-refractivity contribution in [1.82, 2.24) is 15.0 Å². The molecule has 1 fully saturated rings. The van der Waals surface area contributed by atoms with Crippen molar-refractivity contribution in [3.63, 3.8) is 0 Å². The number of allylic oxidation sites excluding steroid dienone is 2. The number of carbonyl (C=O) groups excluding carboxylic acids is 2. The summed E-state index contributed by atoms with van der Waals surface area (Å²) in [6.07, 6.45) is 8.66. The number of methoxy groups -OCH3 is 1. The summed E-state index contributed by atoms with van der Waals surface area (Å²) < 4.78 is 5.15. The molecule has 0 unspecified atom stereocenters. The number of hydrogen-bond donors (Lipinski definition) is 0. The molecule has 0 amide bonds. The van der Waals surface area contributed by atoms with Gasteiger partial charge in [0.15, 0.2) is 5.78 Å². The Morgan fingerprint density at radius 3 is 2.17 bits per heavy atom. The van der Waals surface area contributed by atoms with E-state index >= 15 is 0 Å². The first-order chi connectivity index (χ1) is 19.6. The smallest absolute Gasteiger partial charge is 0.664 e. The number of carbonyl (C=O) groups is 2. The largest absolute Gasteiger partial charge is 2.00 e. The molecule has 5 heterocycles. The van der Waals surface area contributed by atoms with Crippen molar-refractivity contribution < 1.29 is 14.3 Å². The molecule has 1 saturated heterocycles. The molecule has 2 aliphatic heterocycles. The van der Waals surface area contributed by atoms with Crippen molar-refractivity contribution in [3.8, 4) is 0 Å². The average Bonchev–Trinajstić information content (AvgIpc) is 3.69. The topological polar surface area (TPSA) is 99.8 Å². The van der Waals surface area contributed by atoms with Gasteiger partial charge in [-0.3, -0.25) is 9.59 Å². The van der Waals surface area contributed by atoms with E-state index < -0.39 is 11.9 Å². The van der Waals surface area contributed by atoms with E-state index in [4.69, 9.17) is 25.0 Å². The molecule has 1 aliphatic carbocycles. The van der Waals surface area contributed by atoms with Gasteiger partial charge in [-0.15, -0.1) is 33.5 Å². The predicted molar refractivity (Wildman–Crippen MR) is 165 cm³/mol. The Kier molecular flexibility index (Phi) is 8.00. The minimum Gasteiger partial charge on any atom is -0.664 e. The van der Waals surface area contributed by atoms with E-state index in [2.05, 4.69) is 53.7 Å². The molecule has 3 aromatic rings. The number of esters is 1. The minimum atomic E-state index is -1.06. The monoisotopic (exact) mass is 572 g/mol. The number of hydrogen-bond acceptors (Lipinski definition) is 3. The van der Waals surface area contributed by atoms with E-state index in [1.165, 1.54) is 12.7 Å². The molecule has 8 bridgehead atoms. The molecule has 6 rings (SSSR count). The Hall–Kier alpha value is -3.23. The standard InChI is InChI=1S/C34H37N4O3.Mg/c1-9-19-15(4)22-12-24-17(6)21(11-3)31(37-24)29-30(34(40)41-8)33(39)28-18(7)25(38-32(28)29)14-27-20(10-2)16(5)23(36-27)13-26(19)35-22;/h12-14,17,21,30H,9-11H2,1-8H3,(H-,37,38,39);/q-3;+2/p-1/b23-13-,24-12-,27-14-;/t17-,21-,30+;/m0./s1. The molecule has 3 aromatic heterocycles. The van der Waals surface area contributed by atoms with Gasteiger partial charge in [-0.2, -0.15) is 11.4 Å². The normalized spacial score (nSPS) is 25.1. The van der Waals surface area contributed by atoms with Crippen molar-refractivity contribution in [2.75, 3.05) is 7.11 Å². The maximum Gasteiger partial charge on any atom is 2.00 e. The summed E-state index contributed by atoms with van der Waals surface area (Å²) in [7, 11) is 1.33. The van der Waals surface area contributed by atoms with Gasteiger partial charge in [0.2, 0.25) is 0 Å². The Bertz CT molecular complexity index is 1810. The SMILES string of the molecule is CCc1c2[n-]c(c1C)/C=C1\[N-]/C(=C3\c4[n-]c(c(C)c4C(=O)[C@@H]3C(=O)OC)/C=c3\[n-]/c(c(C)c3CC)=C\2)[C@@H](CC)[C@@H]1C.[Mg+2]. The van der Waals surface area contributed by atoms with E-state index in [0.29, 0.717) is 22.5 Å². The van der Waals surface area contributed by atoms with Gasteiger partial charge >= 0.3 is 29.0 Å². The zero-order valence-corrected chi connectivity index (χ0v) is 27.2. The van der Waals surface area contributed by atoms with Gasteiger partial charge in [0.05, 0.1) is 7.11 Å². The van der Waals surface area contributed by atoms with Crippen LogP contribution in [0, 0.1) is 38.5 Å². The Morgan fingerprint density at radius 1 is 0.857 bits per heavy atom. The molecule has 0 N–H and O–H groups in total. The summed E-state index contributed by atoms with van der Waals surface area (Å²) in [6.45, 7) is 14.7. The zero-order valence-electron chi connectivity index (χ0n) is 25.8. The number of ether oxygens (including phenoxy) is 1. The molecule has 0 aromatic carbocycles. The van der Waals surface area contributed by atoms with E-state index in [1.807, 2.05) is 13.0 Å². The van der Waals surface area contributed by atoms with Crippen LogP contribution in [0.15, 0.2) is 11.4 Å². The van der Waals surface area contributed by atoms with Gasteiger partial charge in [-0.25, -0.2) is 0 Å². The van der Waals surface area contributed by atoms with Crippen molar-refractivity contribution in [2.24, 2.45) is 17.8 Å². The van der Waals surface area contributed by atoms with Gasteiger partial charge in [0, 0.05) is 5.56 Å². The van der Waals surface area contributed by atoms with Crippen molar-refractivity contribution in [3.05, 3.63) is 83.6 Å². The van der Waals surface area contributed by atoms with Crippen LogP contribution in [0.25, 0.3) is 29.1 Å². The molecule has 42 heavy (non-hydrogen) atoms. The summed E-state index contributed by atoms with van der Waals surface area (Å²) in [5, 5.41) is 6.90. The van der Waals surface area contributed by atoms with Crippen LogP contribution in [0.3, 0.4) is 0 Å². The van der Waals surface area contributed by atoms with Crippen LogP contribution in [0.1, 0.15) is 95.1 Å². The number of fused-ring (bicyclic) bond motifs is 7. The molecule has 0 spiro atoms. The summed E-state index contributed by atoms with van der Waals surface area (Å²) in [5.41, 5.74) is 11.2. The third-order valence-corrected chi connectivity index (χ3v) is 9.42. The molecule has 0 radical (unpaired) electrons. The van der Waals surface area contributed by atoms with Crippen molar-refractivity contribution >= 4 is 58.6 Å². The summed E-state index contributed by atoms with van der Waals surface area (Å²) in [5.74, 6) is -1.79. The first-order valence-corrected chi connectivity index (χ1v) is 14.6. The maximum atomic E-state index is 13.9. The summed E-state index contributed by atoms with van der Waals surface area (Å²) in [4.78, 5) is 42.2. The molecule has 214 valence electrons. The predicted octanol–water partition coefficient (Wildman–Crippen LogP) is 3.99. The van der Waals surface area contributed by atoms with Crippen LogP contribution in [0.4, 0.5) is 0 Å². The zero-order chi connectivity index (χ0) is 29.3. The second-order valence-corrected chi connectivity index (χ2v) is 11.4. The Balaban J connectivity index is 0.00000353. The summed E-state index contributed by atoms with van der Waals surface area (Å²) in [6, 6.07) is 0. The summed E-state index contributed by atoms with van der Waals surface area (Å²) >= 11 is 0. The third-order valence-electron chi connectivity index (χ3n) is 9.42. The maximum absolute atomic E-state index is 13.9. The van der Waals surface area contributed by atoms with Gasteiger partial charge < -0.3 is 25.0 Å². The first-order valence-electron chi connectivity index (χ1n) is 14.6. The minimum absolute atomic E-state index is 0. The average molecular weight is 573 g/mol. The van der Waals surface area contributed by atoms with Gasteiger partial charge in [0.1, 0.15) is 5.92 Å². The second-order valence-electron chi connectivity index (χ2n) is 11.4. The molecule has 7 nitrogen and oxygen atoms in total. The number of ketones is 1. The van der Waals surface area contributed by atoms with Crippen LogP contribution in [-0.2, 0) is 22.4 Å². The fourth-order valence-corrected chi connectivity index (χ4v) is 7.03. The number of nitrogens with zero attached hydrogens (tertiary/aromatic N) is 4. The van der Waals surface area contributed by atoms with E-state index in [1.54, 1.807) is 0 Å². The fraction of sp³-hybridized carbons (Fsp3) is 0.412. The van der Waals surface area contributed by atoms with Gasteiger partial charge in [0.25, 0.3) is 0 Å². The second kappa shape index (κ2) is 11.1. The fourth-order valence-electron chi connectivity index (χ4n) is 7.03. The van der Waals surface area contributed by atoms with Crippen LogP contribution >= 0.6 is 0 Å². The van der Waals surface area contributed by atoms with Gasteiger partial charge in [-0.1, -0.05) is 85.7 Å². The van der Waals surface area contributed by atoms with Crippen LogP contribution < -0.4 is 25.7 Å². The molecule has 8 heteroatoms. The first kappa shape index (κ1) is 30.2. The third kappa shape index (κ3) is 4.29. The van der Waals surface area contributed by atoms with Crippen LogP contribution in [0.5, 0.6) is 0 Å². The van der Waals surface area contributed by atoms with Crippen molar-refractivity contribution in [1.29, 1.82) is 0 Å². The van der Waals surface area contributed by atoms with E-state index in [-0.39, 0.29) is 40.7 Å². The number of aromatic nitrogens is 3. The van der Waals surface area contributed by atoms with Gasteiger partial charge in [-0.05, 0) is 45.4 Å². The number of Topliss-reactive ketones (excluding diaryl/α,β-unsaturated/α-hetero) is 1. The van der Waals surface area contributed by atoms with Crippen LogP contribution in [0.2, 0.25) is 0 Å². The Morgan fingerprint density at radius 2 is 1.52 bits per heavy atom. The Labute approximate surface area is 263 Å². The molecule has 0 saturated carbocycles. The number of rotatable bonds is 4. The van der Waals surface area contributed by atoms with Crippen LogP contribution in [-0.4, -0.2) is 41.9 Å². The van der Waals surface area contributed by atoms with Crippen molar-refractivity contribution in [2.45, 2.75) is 67.7 Å². The molecule has 3 aliphatic rings. The quantitative estimate of drug-likeness (QED) is 0.266. The van der Waals surface area contributed by atoms with E-state index in [0.717, 1.165) is 75.0 Å².